The van der Waals surface area contributed by atoms with Gasteiger partial charge in [0.25, 0.3) is 0 Å². The number of benzene rings is 1. The molecule has 122 valence electrons. The number of aliphatic hydroxyl groups is 1. The SMILES string of the molecule is Cc1ccc(/C(O)=C(C#N)/C(N)=N/NC(=O)OC(C)(C)C)cc1. The van der Waals surface area contributed by atoms with Crippen molar-refractivity contribution in [2.75, 3.05) is 0 Å². The van der Waals surface area contributed by atoms with Crippen LogP contribution in [-0.2, 0) is 4.74 Å². The zero-order valence-corrected chi connectivity index (χ0v) is 13.5. The standard InChI is InChI=1S/C16H20N4O3/c1-10-5-7-11(8-6-10)13(21)12(9-17)14(18)19-20-15(22)23-16(2,3)4/h5-8,21H,1-4H3,(H2,18,19)(H,20,22)/b13-12-. The summed E-state index contributed by atoms with van der Waals surface area (Å²) < 4.78 is 4.99. The van der Waals surface area contributed by atoms with Crippen LogP contribution in [0.15, 0.2) is 34.9 Å². The van der Waals surface area contributed by atoms with Crippen molar-refractivity contribution in [3.63, 3.8) is 0 Å². The lowest BCUT2D eigenvalue weighted by Crippen LogP contribution is -2.31. The average molecular weight is 316 g/mol. The highest BCUT2D eigenvalue weighted by molar-refractivity contribution is 6.06. The maximum absolute atomic E-state index is 11.5. The van der Waals surface area contributed by atoms with Crippen LogP contribution < -0.4 is 11.2 Å². The number of amidine groups is 1. The number of nitriles is 1. The molecule has 0 saturated heterocycles. The second kappa shape index (κ2) is 7.31. The van der Waals surface area contributed by atoms with E-state index in [1.807, 2.05) is 6.92 Å². The summed E-state index contributed by atoms with van der Waals surface area (Å²) in [5.41, 5.74) is 8.22. The molecule has 0 aliphatic heterocycles. The predicted octanol–water partition coefficient (Wildman–Crippen LogP) is 2.58. The molecule has 23 heavy (non-hydrogen) atoms. The zero-order chi connectivity index (χ0) is 17.6. The summed E-state index contributed by atoms with van der Waals surface area (Å²) in [6.07, 6.45) is -0.812. The monoisotopic (exact) mass is 316 g/mol. The Kier molecular flexibility index (Phi) is 5.74. The fraction of sp³-hybridized carbons (Fsp3) is 0.312. The Morgan fingerprint density at radius 3 is 2.39 bits per heavy atom. The molecule has 0 heterocycles. The normalized spacial score (nSPS) is 12.9. The molecule has 0 fully saturated rings. The van der Waals surface area contributed by atoms with Gasteiger partial charge in [0, 0.05) is 5.56 Å². The molecule has 1 rings (SSSR count). The summed E-state index contributed by atoms with van der Waals surface area (Å²) in [6.45, 7) is 6.99. The number of hydrogen-bond donors (Lipinski definition) is 3. The van der Waals surface area contributed by atoms with Crippen molar-refractivity contribution >= 4 is 17.7 Å². The Labute approximate surface area is 135 Å². The van der Waals surface area contributed by atoms with Crippen molar-refractivity contribution in [2.24, 2.45) is 10.8 Å². The van der Waals surface area contributed by atoms with Gasteiger partial charge < -0.3 is 15.6 Å². The minimum Gasteiger partial charge on any atom is -0.506 e. The van der Waals surface area contributed by atoms with Gasteiger partial charge in [0.05, 0.1) is 0 Å². The summed E-state index contributed by atoms with van der Waals surface area (Å²) >= 11 is 0. The van der Waals surface area contributed by atoms with E-state index in [-0.39, 0.29) is 17.2 Å². The Hall–Kier alpha value is -3.01. The van der Waals surface area contributed by atoms with E-state index in [0.29, 0.717) is 5.56 Å². The van der Waals surface area contributed by atoms with Crippen LogP contribution in [0.3, 0.4) is 0 Å². The number of nitrogens with one attached hydrogen (secondary N) is 1. The van der Waals surface area contributed by atoms with Crippen LogP contribution >= 0.6 is 0 Å². The number of nitrogens with two attached hydrogens (primary N) is 1. The zero-order valence-electron chi connectivity index (χ0n) is 13.5. The maximum Gasteiger partial charge on any atom is 0.428 e. The van der Waals surface area contributed by atoms with E-state index in [1.54, 1.807) is 51.1 Å². The van der Waals surface area contributed by atoms with Gasteiger partial charge in [-0.15, -0.1) is 0 Å². The van der Waals surface area contributed by atoms with Crippen LogP contribution in [0.4, 0.5) is 4.79 Å². The third-order valence-electron chi connectivity index (χ3n) is 2.60. The van der Waals surface area contributed by atoms with Gasteiger partial charge in [0.2, 0.25) is 0 Å². The van der Waals surface area contributed by atoms with Crippen molar-refractivity contribution in [2.45, 2.75) is 33.3 Å². The number of carbonyl (C=O) groups excluding carboxylic acids is 1. The summed E-state index contributed by atoms with van der Waals surface area (Å²) in [5.74, 6) is -0.642. The lowest BCUT2D eigenvalue weighted by molar-refractivity contribution is 0.0529. The van der Waals surface area contributed by atoms with Crippen molar-refractivity contribution in [3.8, 4) is 6.07 Å². The molecule has 1 aromatic carbocycles. The van der Waals surface area contributed by atoms with Gasteiger partial charge in [-0.3, -0.25) is 0 Å². The number of aliphatic hydroxyl groups excluding tert-OH is 1. The number of aryl methyl sites for hydroxylation is 1. The van der Waals surface area contributed by atoms with Crippen LogP contribution in [-0.4, -0.2) is 22.6 Å². The number of carbonyl (C=O) groups is 1. The molecule has 0 radical (unpaired) electrons. The molecule has 0 aliphatic carbocycles. The summed E-state index contributed by atoms with van der Waals surface area (Å²) in [5, 5.41) is 22.9. The smallest absolute Gasteiger partial charge is 0.428 e. The number of hydrazone groups is 1. The largest absolute Gasteiger partial charge is 0.506 e. The first-order chi connectivity index (χ1) is 10.6. The van der Waals surface area contributed by atoms with Gasteiger partial charge in [-0.05, 0) is 27.7 Å². The number of amides is 1. The minimum atomic E-state index is -0.812. The molecule has 0 saturated carbocycles. The van der Waals surface area contributed by atoms with Crippen LogP contribution in [0.5, 0.6) is 0 Å². The first-order valence-electron chi connectivity index (χ1n) is 6.87. The van der Waals surface area contributed by atoms with Gasteiger partial charge >= 0.3 is 6.09 Å². The van der Waals surface area contributed by atoms with Gasteiger partial charge in [0.1, 0.15) is 23.0 Å². The second-order valence-corrected chi connectivity index (χ2v) is 5.81. The van der Waals surface area contributed by atoms with Crippen LogP contribution in [0.1, 0.15) is 31.9 Å². The van der Waals surface area contributed by atoms with E-state index < -0.39 is 11.7 Å². The van der Waals surface area contributed by atoms with E-state index >= 15 is 0 Å². The Morgan fingerprint density at radius 1 is 1.35 bits per heavy atom. The lowest BCUT2D eigenvalue weighted by Gasteiger charge is -2.18. The number of ether oxygens (including phenoxy) is 1. The molecule has 0 aromatic heterocycles. The minimum absolute atomic E-state index is 0.245. The van der Waals surface area contributed by atoms with Crippen molar-refractivity contribution in [1.29, 1.82) is 5.26 Å². The summed E-state index contributed by atoms with van der Waals surface area (Å²) in [6, 6.07) is 8.64. The molecule has 4 N–H and O–H groups in total. The highest BCUT2D eigenvalue weighted by Crippen LogP contribution is 2.16. The highest BCUT2D eigenvalue weighted by atomic mass is 16.6. The molecule has 1 amide bonds. The molecular weight excluding hydrogens is 296 g/mol. The summed E-state index contributed by atoms with van der Waals surface area (Å²) in [4.78, 5) is 11.5. The Morgan fingerprint density at radius 2 is 1.91 bits per heavy atom. The van der Waals surface area contributed by atoms with Crippen LogP contribution in [0.2, 0.25) is 0 Å². The van der Waals surface area contributed by atoms with Crippen molar-refractivity contribution in [3.05, 3.63) is 41.0 Å². The number of hydrogen-bond acceptors (Lipinski definition) is 5. The van der Waals surface area contributed by atoms with E-state index in [0.717, 1.165) is 5.56 Å². The first kappa shape index (κ1) is 18.0. The summed E-state index contributed by atoms with van der Waals surface area (Å²) in [7, 11) is 0. The number of rotatable bonds is 3. The fourth-order valence-corrected chi connectivity index (χ4v) is 1.55. The molecule has 0 aliphatic rings. The predicted molar refractivity (Wildman–Crippen MR) is 87.3 cm³/mol. The number of nitrogens with zero attached hydrogens (tertiary/aromatic N) is 2. The topological polar surface area (TPSA) is 121 Å². The molecular formula is C16H20N4O3. The van der Waals surface area contributed by atoms with Gasteiger partial charge in [-0.2, -0.15) is 10.4 Å². The van der Waals surface area contributed by atoms with E-state index in [9.17, 15) is 9.90 Å². The van der Waals surface area contributed by atoms with E-state index in [4.69, 9.17) is 15.7 Å². The van der Waals surface area contributed by atoms with Crippen molar-refractivity contribution < 1.29 is 14.6 Å². The molecule has 0 unspecified atom stereocenters. The van der Waals surface area contributed by atoms with Gasteiger partial charge in [-0.1, -0.05) is 29.8 Å². The molecule has 0 spiro atoms. The first-order valence-corrected chi connectivity index (χ1v) is 6.87. The van der Waals surface area contributed by atoms with E-state index in [2.05, 4.69) is 10.5 Å². The maximum atomic E-state index is 11.5. The molecule has 7 nitrogen and oxygen atoms in total. The third-order valence-corrected chi connectivity index (χ3v) is 2.60. The fourth-order valence-electron chi connectivity index (χ4n) is 1.55. The Balaban J connectivity index is 2.98. The van der Waals surface area contributed by atoms with Crippen LogP contribution in [0.25, 0.3) is 5.76 Å². The molecule has 7 heteroatoms. The average Bonchev–Trinajstić information content (AvgIpc) is 2.44. The Bertz CT molecular complexity index is 677. The van der Waals surface area contributed by atoms with Crippen LogP contribution in [0, 0.1) is 18.3 Å². The van der Waals surface area contributed by atoms with E-state index in [1.165, 1.54) is 0 Å². The lowest BCUT2D eigenvalue weighted by atomic mass is 10.1. The van der Waals surface area contributed by atoms with Gasteiger partial charge in [-0.25, -0.2) is 10.2 Å². The molecule has 0 bridgehead atoms. The molecule has 1 aromatic rings. The van der Waals surface area contributed by atoms with Crippen molar-refractivity contribution in [1.82, 2.24) is 5.43 Å². The highest BCUT2D eigenvalue weighted by Gasteiger charge is 2.17. The third kappa shape index (κ3) is 5.71. The second-order valence-electron chi connectivity index (χ2n) is 5.81. The van der Waals surface area contributed by atoms with Gasteiger partial charge in [0.15, 0.2) is 5.84 Å². The molecule has 0 atom stereocenters. The quantitative estimate of drug-likeness (QED) is 0.260.